The quantitative estimate of drug-likeness (QED) is 0.749. The molecule has 0 saturated carbocycles. The Morgan fingerprint density at radius 1 is 1.16 bits per heavy atom. The summed E-state index contributed by atoms with van der Waals surface area (Å²) in [6, 6.07) is 6.01. The molecule has 2 aliphatic rings. The van der Waals surface area contributed by atoms with E-state index in [-0.39, 0.29) is 12.0 Å². The highest BCUT2D eigenvalue weighted by molar-refractivity contribution is 5.91. The Hall–Kier alpha value is -2.99. The lowest BCUT2D eigenvalue weighted by atomic mass is 10.0. The lowest BCUT2D eigenvalue weighted by Gasteiger charge is -2.40. The maximum absolute atomic E-state index is 12.5. The van der Waals surface area contributed by atoms with Crippen molar-refractivity contribution in [1.82, 2.24) is 19.9 Å². The molecule has 0 aromatic carbocycles. The molecule has 1 amide bonds. The molecule has 9 nitrogen and oxygen atoms in total. The number of carbonyl (C=O) groups is 2. The summed E-state index contributed by atoms with van der Waals surface area (Å²) in [5, 5.41) is 10.8. The number of alkyl halides is 3. The van der Waals surface area contributed by atoms with E-state index in [9.17, 15) is 18.0 Å². The van der Waals surface area contributed by atoms with Crippen LogP contribution in [0.1, 0.15) is 29.0 Å². The second kappa shape index (κ2) is 10.6. The van der Waals surface area contributed by atoms with Gasteiger partial charge in [0.05, 0.1) is 18.9 Å². The number of pyridine rings is 1. The van der Waals surface area contributed by atoms with Gasteiger partial charge in [-0.2, -0.15) is 13.2 Å². The minimum atomic E-state index is -5.08. The van der Waals surface area contributed by atoms with E-state index in [4.69, 9.17) is 19.2 Å². The van der Waals surface area contributed by atoms with Crippen molar-refractivity contribution in [2.75, 3.05) is 26.2 Å². The molecule has 12 heteroatoms. The summed E-state index contributed by atoms with van der Waals surface area (Å²) in [7, 11) is 0. The highest BCUT2D eigenvalue weighted by Gasteiger charge is 2.38. The van der Waals surface area contributed by atoms with Gasteiger partial charge in [0.15, 0.2) is 0 Å². The van der Waals surface area contributed by atoms with Crippen LogP contribution in [0.3, 0.4) is 0 Å². The first-order chi connectivity index (χ1) is 15.3. The maximum Gasteiger partial charge on any atom is 0.490 e. The maximum atomic E-state index is 12.5. The second-order valence-electron chi connectivity index (χ2n) is 7.36. The molecule has 0 bridgehead atoms. The zero-order valence-corrected chi connectivity index (χ0v) is 17.1. The number of fused-ring (bicyclic) bond motifs is 1. The molecule has 2 aliphatic heterocycles. The molecular formula is C20H23F3N4O5. The number of likely N-dealkylation sites (tertiary alicyclic amines) is 1. The van der Waals surface area contributed by atoms with Gasteiger partial charge >= 0.3 is 12.1 Å². The Labute approximate surface area is 181 Å². The molecule has 1 N–H and O–H groups in total. The van der Waals surface area contributed by atoms with Crippen molar-refractivity contribution >= 4 is 11.9 Å². The number of carboxylic acids is 1. The lowest BCUT2D eigenvalue weighted by Crippen LogP contribution is -2.50. The molecule has 2 aromatic rings. The smallest absolute Gasteiger partial charge is 0.475 e. The molecule has 0 radical (unpaired) electrons. The second-order valence-corrected chi connectivity index (χ2v) is 7.36. The first kappa shape index (κ1) is 23.7. The molecule has 2 unspecified atom stereocenters. The third-order valence-corrected chi connectivity index (χ3v) is 5.27. The van der Waals surface area contributed by atoms with E-state index < -0.39 is 12.1 Å². The third-order valence-electron chi connectivity index (χ3n) is 5.27. The molecule has 2 fully saturated rings. The number of aromatic nitrogens is 2. The summed E-state index contributed by atoms with van der Waals surface area (Å²) in [6.07, 6.45) is 2.03. The van der Waals surface area contributed by atoms with Gasteiger partial charge in [-0.25, -0.2) is 4.79 Å². The van der Waals surface area contributed by atoms with Crippen LogP contribution in [0.2, 0.25) is 0 Å². The Bertz CT molecular complexity index is 879. The third kappa shape index (κ3) is 6.26. The molecule has 4 heterocycles. The number of morpholine rings is 1. The largest absolute Gasteiger partial charge is 0.490 e. The number of ether oxygens (including phenoxy) is 1. The van der Waals surface area contributed by atoms with Gasteiger partial charge < -0.3 is 19.3 Å². The summed E-state index contributed by atoms with van der Waals surface area (Å²) in [6.45, 7) is 3.90. The van der Waals surface area contributed by atoms with E-state index in [1.54, 1.807) is 12.3 Å². The van der Waals surface area contributed by atoms with Crippen LogP contribution in [-0.4, -0.2) is 81.5 Å². The summed E-state index contributed by atoms with van der Waals surface area (Å²) in [5.41, 5.74) is 1.21. The minimum absolute atomic E-state index is 0.0880. The van der Waals surface area contributed by atoms with Crippen molar-refractivity contribution < 1.29 is 37.1 Å². The predicted molar refractivity (Wildman–Crippen MR) is 104 cm³/mol. The number of carbonyl (C=O) groups excluding carboxylic acids is 1. The first-order valence-electron chi connectivity index (χ1n) is 10.0. The molecule has 2 aromatic heterocycles. The van der Waals surface area contributed by atoms with Gasteiger partial charge in [0.1, 0.15) is 0 Å². The molecule has 2 atom stereocenters. The zero-order chi connectivity index (χ0) is 23.1. The number of rotatable bonds is 3. The van der Waals surface area contributed by atoms with Crippen LogP contribution in [-0.2, 0) is 16.1 Å². The Morgan fingerprint density at radius 3 is 2.53 bits per heavy atom. The van der Waals surface area contributed by atoms with E-state index in [0.717, 1.165) is 32.5 Å². The highest BCUT2D eigenvalue weighted by atomic mass is 19.4. The molecule has 4 rings (SSSR count). The summed E-state index contributed by atoms with van der Waals surface area (Å²) in [5.74, 6) is -2.54. The molecule has 2 saturated heterocycles. The van der Waals surface area contributed by atoms with Crippen LogP contribution in [0.15, 0.2) is 41.3 Å². The van der Waals surface area contributed by atoms with Crippen molar-refractivity contribution in [3.05, 3.63) is 48.1 Å². The number of nitrogens with zero attached hydrogens (tertiary/aromatic N) is 4. The normalized spacial score (nSPS) is 21.7. The fourth-order valence-electron chi connectivity index (χ4n) is 3.77. The van der Waals surface area contributed by atoms with E-state index >= 15 is 0 Å². The fourth-order valence-corrected chi connectivity index (χ4v) is 3.77. The Balaban J connectivity index is 0.000000360. The van der Waals surface area contributed by atoms with Gasteiger partial charge in [-0.1, -0.05) is 11.2 Å². The summed E-state index contributed by atoms with van der Waals surface area (Å²) in [4.78, 5) is 29.9. The fraction of sp³-hybridized carbons (Fsp3) is 0.500. The number of aliphatic carboxylic acids is 1. The van der Waals surface area contributed by atoms with Gasteiger partial charge in [-0.3, -0.25) is 14.7 Å². The van der Waals surface area contributed by atoms with Crippen LogP contribution in [0.25, 0.3) is 0 Å². The number of hydrogen-bond donors (Lipinski definition) is 1. The average molecular weight is 456 g/mol. The van der Waals surface area contributed by atoms with Gasteiger partial charge in [-0.15, -0.1) is 0 Å². The van der Waals surface area contributed by atoms with Crippen molar-refractivity contribution in [2.45, 2.75) is 37.7 Å². The minimum Gasteiger partial charge on any atom is -0.475 e. The summed E-state index contributed by atoms with van der Waals surface area (Å²) < 4.78 is 42.8. The first-order valence-corrected chi connectivity index (χ1v) is 10.0. The van der Waals surface area contributed by atoms with Crippen LogP contribution < -0.4 is 0 Å². The SMILES string of the molecule is O=C(O)C(F)(F)F.O=C(c1ccno1)N1CCC2OCCN(Cc3cccnc3)C2CC1. The molecule has 0 aliphatic carbocycles. The van der Waals surface area contributed by atoms with E-state index in [2.05, 4.69) is 21.1 Å². The Morgan fingerprint density at radius 2 is 1.91 bits per heavy atom. The lowest BCUT2D eigenvalue weighted by molar-refractivity contribution is -0.192. The van der Waals surface area contributed by atoms with E-state index in [1.807, 2.05) is 17.2 Å². The topological polar surface area (TPSA) is 109 Å². The summed E-state index contributed by atoms with van der Waals surface area (Å²) >= 11 is 0. The van der Waals surface area contributed by atoms with Gasteiger partial charge in [0.2, 0.25) is 5.76 Å². The van der Waals surface area contributed by atoms with Crippen LogP contribution in [0, 0.1) is 0 Å². The van der Waals surface area contributed by atoms with Crippen LogP contribution in [0.5, 0.6) is 0 Å². The number of amides is 1. The number of carboxylic acid groups (broad SMARTS) is 1. The number of hydrogen-bond acceptors (Lipinski definition) is 7. The zero-order valence-electron chi connectivity index (χ0n) is 17.1. The standard InChI is InChI=1S/C18H22N4O3.C2HF3O2/c23-18(17-3-7-20-25-17)21-8-4-15-16(5-9-21)24-11-10-22(15)13-14-2-1-6-19-12-14;3-2(4,5)1(6)7/h1-3,6-7,12,15-16H,4-5,8-11,13H2;(H,6,7). The van der Waals surface area contributed by atoms with Crippen molar-refractivity contribution in [3.8, 4) is 0 Å². The molecular weight excluding hydrogens is 433 g/mol. The van der Waals surface area contributed by atoms with Crippen LogP contribution in [0.4, 0.5) is 13.2 Å². The number of halogens is 3. The monoisotopic (exact) mass is 456 g/mol. The average Bonchev–Trinajstić information content (AvgIpc) is 3.21. The van der Waals surface area contributed by atoms with E-state index in [1.165, 1.54) is 11.8 Å². The molecule has 0 spiro atoms. The highest BCUT2D eigenvalue weighted by Crippen LogP contribution is 2.26. The van der Waals surface area contributed by atoms with E-state index in [0.29, 0.717) is 24.9 Å². The van der Waals surface area contributed by atoms with Gasteiger partial charge in [0.25, 0.3) is 5.91 Å². The molecule has 174 valence electrons. The Kier molecular flexibility index (Phi) is 7.80. The van der Waals surface area contributed by atoms with Crippen molar-refractivity contribution in [2.24, 2.45) is 0 Å². The molecule has 32 heavy (non-hydrogen) atoms. The van der Waals surface area contributed by atoms with Crippen LogP contribution >= 0.6 is 0 Å². The van der Waals surface area contributed by atoms with Gasteiger partial charge in [0, 0.05) is 50.7 Å². The van der Waals surface area contributed by atoms with Gasteiger partial charge in [-0.05, 0) is 24.5 Å². The predicted octanol–water partition coefficient (Wildman–Crippen LogP) is 2.21. The van der Waals surface area contributed by atoms with Crippen molar-refractivity contribution in [1.29, 1.82) is 0 Å². The van der Waals surface area contributed by atoms with Crippen molar-refractivity contribution in [3.63, 3.8) is 0 Å².